The van der Waals surface area contributed by atoms with Crippen LogP contribution in [0, 0.1) is 12.7 Å². The van der Waals surface area contributed by atoms with Crippen molar-refractivity contribution in [2.45, 2.75) is 19.0 Å². The normalized spacial score (nSPS) is 14.1. The lowest BCUT2D eigenvalue weighted by Crippen LogP contribution is -2.21. The molecule has 0 aliphatic carbocycles. The summed E-state index contributed by atoms with van der Waals surface area (Å²) >= 11 is 1.44. The highest BCUT2D eigenvalue weighted by molar-refractivity contribution is 7.99. The molecular weight excluding hydrogens is 331 g/mol. The summed E-state index contributed by atoms with van der Waals surface area (Å²) in [4.78, 5) is 12.4. The summed E-state index contributed by atoms with van der Waals surface area (Å²) in [5, 5.41) is 13.1. The molecule has 124 valence electrons. The minimum atomic E-state index is -0.463. The molecule has 8 heteroatoms. The highest BCUT2D eigenvalue weighted by Crippen LogP contribution is 2.25. The molecule has 0 fully saturated rings. The first-order valence-electron chi connectivity index (χ1n) is 7.36. The van der Waals surface area contributed by atoms with Crippen LogP contribution in [-0.4, -0.2) is 38.9 Å². The molecule has 24 heavy (non-hydrogen) atoms. The molecule has 0 N–H and O–H groups in total. The van der Waals surface area contributed by atoms with Gasteiger partial charge in [0.05, 0.1) is 17.9 Å². The molecule has 0 atom stereocenters. The van der Waals surface area contributed by atoms with Gasteiger partial charge in [0, 0.05) is 5.75 Å². The van der Waals surface area contributed by atoms with Crippen molar-refractivity contribution in [2.24, 2.45) is 5.10 Å². The smallest absolute Gasteiger partial charge is 0.340 e. The Bertz CT molecular complexity index is 827. The Kier molecular flexibility index (Phi) is 4.75. The van der Waals surface area contributed by atoms with Crippen molar-refractivity contribution in [1.82, 2.24) is 14.9 Å². The van der Waals surface area contributed by atoms with Gasteiger partial charge in [-0.05, 0) is 37.6 Å². The van der Waals surface area contributed by atoms with Gasteiger partial charge in [0.15, 0.2) is 5.82 Å². The van der Waals surface area contributed by atoms with E-state index in [-0.39, 0.29) is 12.4 Å². The first kappa shape index (κ1) is 16.4. The maximum absolute atomic E-state index is 13.1. The van der Waals surface area contributed by atoms with Crippen molar-refractivity contribution >= 4 is 29.5 Å². The number of halogens is 1. The zero-order chi connectivity index (χ0) is 17.1. The van der Waals surface area contributed by atoms with Gasteiger partial charge in [-0.2, -0.15) is 9.78 Å². The van der Waals surface area contributed by atoms with Crippen LogP contribution in [0.5, 0.6) is 0 Å². The zero-order valence-corrected chi connectivity index (χ0v) is 14.0. The number of ether oxygens (including phenoxy) is 1. The molecule has 0 amide bonds. The number of thioether (sulfide) groups is 1. The fraction of sp³-hybridized carbons (Fsp3) is 0.250. The minimum Gasteiger partial charge on any atom is -0.462 e. The highest BCUT2D eigenvalue weighted by atomic mass is 32.2. The molecule has 1 aliphatic heterocycles. The van der Waals surface area contributed by atoms with Crippen LogP contribution < -0.4 is 0 Å². The van der Waals surface area contributed by atoms with Crippen molar-refractivity contribution in [3.63, 3.8) is 0 Å². The quantitative estimate of drug-likeness (QED) is 0.629. The zero-order valence-electron chi connectivity index (χ0n) is 13.2. The fourth-order valence-corrected chi connectivity index (χ4v) is 3.02. The van der Waals surface area contributed by atoms with Gasteiger partial charge < -0.3 is 4.74 Å². The second-order valence-electron chi connectivity index (χ2n) is 5.01. The van der Waals surface area contributed by atoms with E-state index in [0.29, 0.717) is 33.6 Å². The molecule has 0 saturated heterocycles. The Hall–Kier alpha value is -2.48. The second kappa shape index (κ2) is 6.96. The Morgan fingerprint density at radius 1 is 1.38 bits per heavy atom. The third kappa shape index (κ3) is 3.38. The summed E-state index contributed by atoms with van der Waals surface area (Å²) in [5.74, 6) is 0.319. The fourth-order valence-electron chi connectivity index (χ4n) is 2.15. The van der Waals surface area contributed by atoms with Gasteiger partial charge in [-0.3, -0.25) is 0 Å². The largest absolute Gasteiger partial charge is 0.462 e. The van der Waals surface area contributed by atoms with Gasteiger partial charge in [-0.25, -0.2) is 9.18 Å². The molecule has 1 aliphatic rings. The number of esters is 1. The van der Waals surface area contributed by atoms with Crippen LogP contribution in [0.15, 0.2) is 40.1 Å². The van der Waals surface area contributed by atoms with E-state index in [1.807, 2.05) is 0 Å². The summed E-state index contributed by atoms with van der Waals surface area (Å²) in [6.07, 6.45) is 1.65. The van der Waals surface area contributed by atoms with E-state index < -0.39 is 5.97 Å². The number of benzene rings is 1. The molecule has 0 spiro atoms. The third-order valence-electron chi connectivity index (χ3n) is 3.31. The molecule has 3 rings (SSSR count). The number of aromatic nitrogens is 3. The Balaban J connectivity index is 2.02. The molecular formula is C16H15FN4O2S. The van der Waals surface area contributed by atoms with Gasteiger partial charge in [-0.1, -0.05) is 23.9 Å². The van der Waals surface area contributed by atoms with Gasteiger partial charge in [-0.15, -0.1) is 10.2 Å². The van der Waals surface area contributed by atoms with Crippen molar-refractivity contribution in [1.29, 1.82) is 0 Å². The van der Waals surface area contributed by atoms with E-state index in [9.17, 15) is 9.18 Å². The van der Waals surface area contributed by atoms with Crippen LogP contribution in [0.25, 0.3) is 6.08 Å². The monoisotopic (exact) mass is 346 g/mol. The summed E-state index contributed by atoms with van der Waals surface area (Å²) in [6.45, 7) is 3.79. The van der Waals surface area contributed by atoms with Gasteiger partial charge in [0.25, 0.3) is 0 Å². The number of carbonyl (C=O) groups excluding carboxylic acids is 1. The molecule has 1 aromatic carbocycles. The number of rotatable bonds is 4. The number of hydrogen-bond acceptors (Lipinski definition) is 6. The van der Waals surface area contributed by atoms with Crippen LogP contribution in [-0.2, 0) is 9.53 Å². The molecule has 0 radical (unpaired) electrons. The van der Waals surface area contributed by atoms with E-state index in [4.69, 9.17) is 4.74 Å². The summed E-state index contributed by atoms with van der Waals surface area (Å²) in [6, 6.07) is 5.88. The Morgan fingerprint density at radius 2 is 2.12 bits per heavy atom. The second-order valence-corrected chi connectivity index (χ2v) is 5.95. The Morgan fingerprint density at radius 3 is 2.83 bits per heavy atom. The van der Waals surface area contributed by atoms with Gasteiger partial charge in [0.1, 0.15) is 5.82 Å². The topological polar surface area (TPSA) is 69.4 Å². The first-order chi connectivity index (χ1) is 11.6. The van der Waals surface area contributed by atoms with Crippen molar-refractivity contribution < 1.29 is 13.9 Å². The SMILES string of the molecule is CCOC(=O)/C(=C/c1ccc(F)cc1)C1=Nn2c(C)nnc2SC1. The van der Waals surface area contributed by atoms with Gasteiger partial charge in [0.2, 0.25) is 5.16 Å². The number of carbonyl (C=O) groups is 1. The van der Waals surface area contributed by atoms with E-state index >= 15 is 0 Å². The standard InChI is InChI=1S/C16H15FN4O2S/c1-3-23-15(22)13(8-11-4-6-12(17)7-5-11)14-9-24-16-19-18-10(2)21(16)20-14/h4-8H,3,9H2,1-2H3/b13-8+. The third-order valence-corrected chi connectivity index (χ3v) is 4.24. The average Bonchev–Trinajstić information content (AvgIpc) is 2.95. The van der Waals surface area contributed by atoms with E-state index in [0.717, 1.165) is 0 Å². The van der Waals surface area contributed by atoms with E-state index in [1.54, 1.807) is 36.7 Å². The average molecular weight is 346 g/mol. The van der Waals surface area contributed by atoms with Crippen molar-refractivity contribution in [2.75, 3.05) is 12.4 Å². The molecule has 6 nitrogen and oxygen atoms in total. The summed E-state index contributed by atoms with van der Waals surface area (Å²) in [5.41, 5.74) is 1.60. The highest BCUT2D eigenvalue weighted by Gasteiger charge is 2.24. The van der Waals surface area contributed by atoms with E-state index in [1.165, 1.54) is 23.9 Å². The Labute approximate surface area is 142 Å². The molecule has 0 unspecified atom stereocenters. The number of nitrogens with zero attached hydrogens (tertiary/aromatic N) is 4. The lowest BCUT2D eigenvalue weighted by molar-refractivity contribution is -0.137. The summed E-state index contributed by atoms with van der Waals surface area (Å²) in [7, 11) is 0. The van der Waals surface area contributed by atoms with Crippen LogP contribution in [0.4, 0.5) is 4.39 Å². The predicted octanol–water partition coefficient (Wildman–Crippen LogP) is 2.68. The lowest BCUT2D eigenvalue weighted by atomic mass is 10.1. The van der Waals surface area contributed by atoms with Crippen LogP contribution >= 0.6 is 11.8 Å². The number of aryl methyl sites for hydroxylation is 1. The maximum atomic E-state index is 13.1. The summed E-state index contributed by atoms with van der Waals surface area (Å²) < 4.78 is 19.8. The number of fused-ring (bicyclic) bond motifs is 1. The maximum Gasteiger partial charge on any atom is 0.340 e. The lowest BCUT2D eigenvalue weighted by Gasteiger charge is -2.15. The molecule has 0 bridgehead atoms. The van der Waals surface area contributed by atoms with Crippen LogP contribution in [0.3, 0.4) is 0 Å². The molecule has 0 saturated carbocycles. The number of hydrogen-bond donors (Lipinski definition) is 0. The first-order valence-corrected chi connectivity index (χ1v) is 8.34. The van der Waals surface area contributed by atoms with Crippen LogP contribution in [0.1, 0.15) is 18.3 Å². The predicted molar refractivity (Wildman–Crippen MR) is 89.3 cm³/mol. The molecule has 2 heterocycles. The van der Waals surface area contributed by atoms with E-state index in [2.05, 4.69) is 15.3 Å². The van der Waals surface area contributed by atoms with Crippen molar-refractivity contribution in [3.8, 4) is 0 Å². The van der Waals surface area contributed by atoms with Crippen LogP contribution in [0.2, 0.25) is 0 Å². The molecule has 2 aromatic rings. The van der Waals surface area contributed by atoms with Crippen molar-refractivity contribution in [3.05, 3.63) is 47.0 Å². The van der Waals surface area contributed by atoms with Gasteiger partial charge >= 0.3 is 5.97 Å². The minimum absolute atomic E-state index is 0.261. The molecule has 1 aromatic heterocycles.